The first-order valence-electron chi connectivity index (χ1n) is 5.90. The number of carbonyl (C=O) groups excluding carboxylic acids is 1. The van der Waals surface area contributed by atoms with Gasteiger partial charge in [-0.25, -0.2) is 9.97 Å². The summed E-state index contributed by atoms with van der Waals surface area (Å²) in [7, 11) is 0. The second-order valence-electron chi connectivity index (χ2n) is 4.27. The fourth-order valence-electron chi connectivity index (χ4n) is 1.64. The van der Waals surface area contributed by atoms with E-state index in [0.717, 1.165) is 18.6 Å². The van der Waals surface area contributed by atoms with Crippen LogP contribution in [-0.4, -0.2) is 21.9 Å². The summed E-state index contributed by atoms with van der Waals surface area (Å²) in [4.78, 5) is 19.8. The Balaban J connectivity index is 1.77. The van der Waals surface area contributed by atoms with Crippen LogP contribution in [0.4, 0.5) is 0 Å². The molecular weight excluding hydrogens is 228 g/mol. The average molecular weight is 240 g/mol. The zero-order chi connectivity index (χ0) is 12.4. The van der Waals surface area contributed by atoms with E-state index in [4.69, 9.17) is 4.74 Å². The molecule has 0 aliphatic heterocycles. The standard InChI is InChI=1S/C14H12N2O2/c17-14(13-7-8-15-9-16-13)10-1-3-11(4-2-10)18-12-5-6-12/h1-4,7-9,12H,5-6H2. The van der Waals surface area contributed by atoms with E-state index >= 15 is 0 Å². The van der Waals surface area contributed by atoms with Gasteiger partial charge in [-0.1, -0.05) is 0 Å². The monoisotopic (exact) mass is 240 g/mol. The van der Waals surface area contributed by atoms with Gasteiger partial charge >= 0.3 is 0 Å². The molecule has 0 spiro atoms. The maximum Gasteiger partial charge on any atom is 0.211 e. The minimum atomic E-state index is -0.102. The molecule has 0 amide bonds. The molecule has 0 saturated heterocycles. The zero-order valence-corrected chi connectivity index (χ0v) is 9.74. The number of benzene rings is 1. The van der Waals surface area contributed by atoms with Crippen molar-refractivity contribution in [3.8, 4) is 5.75 Å². The van der Waals surface area contributed by atoms with Crippen molar-refractivity contribution >= 4 is 5.78 Å². The highest BCUT2D eigenvalue weighted by Crippen LogP contribution is 2.26. The molecule has 0 unspecified atom stereocenters. The third kappa shape index (κ3) is 2.37. The second kappa shape index (κ2) is 4.56. The zero-order valence-electron chi connectivity index (χ0n) is 9.74. The van der Waals surface area contributed by atoms with Gasteiger partial charge in [-0.3, -0.25) is 4.79 Å². The predicted octanol–water partition coefficient (Wildman–Crippen LogP) is 2.25. The van der Waals surface area contributed by atoms with Crippen molar-refractivity contribution in [2.75, 3.05) is 0 Å². The number of aromatic nitrogens is 2. The van der Waals surface area contributed by atoms with E-state index in [2.05, 4.69) is 9.97 Å². The van der Waals surface area contributed by atoms with Gasteiger partial charge in [0.25, 0.3) is 0 Å². The van der Waals surface area contributed by atoms with Crippen LogP contribution in [0.15, 0.2) is 42.9 Å². The summed E-state index contributed by atoms with van der Waals surface area (Å²) in [5, 5.41) is 0. The van der Waals surface area contributed by atoms with Crippen LogP contribution in [0, 0.1) is 0 Å². The van der Waals surface area contributed by atoms with E-state index in [1.165, 1.54) is 6.33 Å². The summed E-state index contributed by atoms with van der Waals surface area (Å²) < 4.78 is 5.63. The maximum absolute atomic E-state index is 12.1. The van der Waals surface area contributed by atoms with Gasteiger partial charge in [-0.05, 0) is 43.2 Å². The molecule has 3 rings (SSSR count). The number of rotatable bonds is 4. The maximum atomic E-state index is 12.1. The smallest absolute Gasteiger partial charge is 0.211 e. The highest BCUT2D eigenvalue weighted by molar-refractivity contribution is 6.07. The van der Waals surface area contributed by atoms with E-state index in [9.17, 15) is 4.79 Å². The Morgan fingerprint density at radius 1 is 1.17 bits per heavy atom. The summed E-state index contributed by atoms with van der Waals surface area (Å²) in [6.07, 6.45) is 5.56. The number of carbonyl (C=O) groups is 1. The SMILES string of the molecule is O=C(c1ccc(OC2CC2)cc1)c1ccncn1. The molecule has 90 valence electrons. The van der Waals surface area contributed by atoms with Crippen LogP contribution in [0.25, 0.3) is 0 Å². The molecule has 4 nitrogen and oxygen atoms in total. The van der Waals surface area contributed by atoms with E-state index in [1.54, 1.807) is 24.4 Å². The Kier molecular flexibility index (Phi) is 2.76. The molecule has 1 saturated carbocycles. The van der Waals surface area contributed by atoms with Crippen molar-refractivity contribution in [2.24, 2.45) is 0 Å². The van der Waals surface area contributed by atoms with Crippen molar-refractivity contribution in [1.82, 2.24) is 9.97 Å². The summed E-state index contributed by atoms with van der Waals surface area (Å²) in [5.74, 6) is 0.715. The van der Waals surface area contributed by atoms with Crippen LogP contribution in [0.3, 0.4) is 0 Å². The molecule has 0 bridgehead atoms. The Morgan fingerprint density at radius 2 is 1.94 bits per heavy atom. The Morgan fingerprint density at radius 3 is 2.56 bits per heavy atom. The van der Waals surface area contributed by atoms with Crippen molar-refractivity contribution < 1.29 is 9.53 Å². The lowest BCUT2D eigenvalue weighted by atomic mass is 10.1. The fourth-order valence-corrected chi connectivity index (χ4v) is 1.64. The van der Waals surface area contributed by atoms with E-state index in [1.807, 2.05) is 12.1 Å². The molecule has 18 heavy (non-hydrogen) atoms. The number of ether oxygens (including phenoxy) is 1. The van der Waals surface area contributed by atoms with Crippen LogP contribution in [0.1, 0.15) is 28.9 Å². The Bertz CT molecular complexity index is 548. The van der Waals surface area contributed by atoms with E-state index < -0.39 is 0 Å². The molecular formula is C14H12N2O2. The third-order valence-electron chi connectivity index (χ3n) is 2.76. The van der Waals surface area contributed by atoms with Crippen LogP contribution in [-0.2, 0) is 0 Å². The first-order valence-corrected chi connectivity index (χ1v) is 5.90. The van der Waals surface area contributed by atoms with Crippen LogP contribution in [0.5, 0.6) is 5.75 Å². The fraction of sp³-hybridized carbons (Fsp3) is 0.214. The van der Waals surface area contributed by atoms with Crippen molar-refractivity contribution in [2.45, 2.75) is 18.9 Å². The number of ketones is 1. The molecule has 1 fully saturated rings. The normalized spacial score (nSPS) is 14.2. The Hall–Kier alpha value is -2.23. The predicted molar refractivity (Wildman–Crippen MR) is 65.6 cm³/mol. The third-order valence-corrected chi connectivity index (χ3v) is 2.76. The van der Waals surface area contributed by atoms with Gasteiger partial charge in [0.15, 0.2) is 0 Å². The molecule has 0 atom stereocenters. The van der Waals surface area contributed by atoms with Gasteiger partial charge in [0.2, 0.25) is 5.78 Å². The van der Waals surface area contributed by atoms with Gasteiger partial charge in [0, 0.05) is 11.8 Å². The highest BCUT2D eigenvalue weighted by atomic mass is 16.5. The topological polar surface area (TPSA) is 52.1 Å². The van der Waals surface area contributed by atoms with Crippen LogP contribution < -0.4 is 4.74 Å². The van der Waals surface area contributed by atoms with Crippen LogP contribution >= 0.6 is 0 Å². The average Bonchev–Trinajstić information content (AvgIpc) is 3.24. The van der Waals surface area contributed by atoms with Gasteiger partial charge in [0.1, 0.15) is 17.8 Å². The molecule has 4 heteroatoms. The Labute approximate surface area is 105 Å². The molecule has 2 aromatic rings. The van der Waals surface area contributed by atoms with Crippen molar-refractivity contribution in [3.05, 3.63) is 54.1 Å². The number of hydrogen-bond donors (Lipinski definition) is 0. The highest BCUT2D eigenvalue weighted by Gasteiger charge is 2.23. The summed E-state index contributed by atoms with van der Waals surface area (Å²) in [5.41, 5.74) is 1.01. The first-order chi connectivity index (χ1) is 8.83. The second-order valence-corrected chi connectivity index (χ2v) is 4.27. The number of nitrogens with zero attached hydrogens (tertiary/aromatic N) is 2. The van der Waals surface area contributed by atoms with Crippen molar-refractivity contribution in [1.29, 1.82) is 0 Å². The van der Waals surface area contributed by atoms with Gasteiger partial charge in [-0.15, -0.1) is 0 Å². The van der Waals surface area contributed by atoms with Gasteiger partial charge in [0.05, 0.1) is 6.10 Å². The van der Waals surface area contributed by atoms with Gasteiger partial charge < -0.3 is 4.74 Å². The molecule has 0 N–H and O–H groups in total. The minimum absolute atomic E-state index is 0.102. The molecule has 1 aromatic carbocycles. The molecule has 1 aliphatic rings. The molecule has 1 heterocycles. The first kappa shape index (κ1) is 10.9. The molecule has 1 aromatic heterocycles. The van der Waals surface area contributed by atoms with Crippen LogP contribution in [0.2, 0.25) is 0 Å². The summed E-state index contributed by atoms with van der Waals surface area (Å²) in [6, 6.07) is 8.79. The van der Waals surface area contributed by atoms with E-state index in [-0.39, 0.29) is 5.78 Å². The summed E-state index contributed by atoms with van der Waals surface area (Å²) in [6.45, 7) is 0. The lowest BCUT2D eigenvalue weighted by molar-refractivity contribution is 0.103. The largest absolute Gasteiger partial charge is 0.490 e. The quantitative estimate of drug-likeness (QED) is 0.769. The molecule has 1 aliphatic carbocycles. The molecule has 0 radical (unpaired) electrons. The lowest BCUT2D eigenvalue weighted by Gasteiger charge is -2.05. The van der Waals surface area contributed by atoms with E-state index in [0.29, 0.717) is 17.4 Å². The van der Waals surface area contributed by atoms with Crippen molar-refractivity contribution in [3.63, 3.8) is 0 Å². The minimum Gasteiger partial charge on any atom is -0.490 e. The van der Waals surface area contributed by atoms with Gasteiger partial charge in [-0.2, -0.15) is 0 Å². The summed E-state index contributed by atoms with van der Waals surface area (Å²) >= 11 is 0. The lowest BCUT2D eigenvalue weighted by Crippen LogP contribution is -2.04. The number of hydrogen-bond acceptors (Lipinski definition) is 4.